The van der Waals surface area contributed by atoms with Crippen LogP contribution in [-0.2, 0) is 6.54 Å². The lowest BCUT2D eigenvalue weighted by molar-refractivity contribution is 0.302. The second-order valence-electron chi connectivity index (χ2n) is 4.61. The molecule has 0 bridgehead atoms. The topological polar surface area (TPSA) is 35.5 Å². The third-order valence-electron chi connectivity index (χ3n) is 2.83. The first kappa shape index (κ1) is 15.3. The number of likely N-dealkylation sites (N-methyl/N-ethyl adjacent to an activating group) is 1. The molecule has 18 heavy (non-hydrogen) atoms. The van der Waals surface area contributed by atoms with Gasteiger partial charge in [-0.2, -0.15) is 0 Å². The zero-order valence-electron chi connectivity index (χ0n) is 11.4. The van der Waals surface area contributed by atoms with Crippen molar-refractivity contribution in [2.75, 3.05) is 24.6 Å². The number of anilines is 1. The van der Waals surface area contributed by atoms with E-state index in [9.17, 15) is 0 Å². The Morgan fingerprint density at radius 3 is 2.67 bits per heavy atom. The van der Waals surface area contributed by atoms with Gasteiger partial charge in [0.05, 0.1) is 6.61 Å². The molecule has 0 radical (unpaired) electrons. The highest BCUT2D eigenvalue weighted by Gasteiger charge is 2.10. The van der Waals surface area contributed by atoms with E-state index in [0.29, 0.717) is 12.6 Å². The summed E-state index contributed by atoms with van der Waals surface area (Å²) in [5.41, 5.74) is 2.32. The Kier molecular flexibility index (Phi) is 6.47. The number of aliphatic hydroxyl groups excluding tert-OH is 1. The minimum atomic E-state index is 0.160. The molecule has 102 valence electrons. The Labute approximate surface area is 115 Å². The molecule has 0 saturated heterocycles. The fourth-order valence-electron chi connectivity index (χ4n) is 1.89. The predicted octanol–water partition coefficient (Wildman–Crippen LogP) is 2.66. The number of hydrogen-bond donors (Lipinski definition) is 2. The molecule has 0 aliphatic carbocycles. The molecular weight excluding hydrogens is 248 g/mol. The summed E-state index contributed by atoms with van der Waals surface area (Å²) in [6, 6.07) is 6.35. The Morgan fingerprint density at radius 1 is 1.39 bits per heavy atom. The molecule has 2 N–H and O–H groups in total. The van der Waals surface area contributed by atoms with Crippen LogP contribution in [0.3, 0.4) is 0 Å². The van der Waals surface area contributed by atoms with Crippen molar-refractivity contribution in [3.05, 3.63) is 28.8 Å². The SMILES string of the molecule is CCN(CCO)c1ccc(Cl)cc1CNC(C)C. The number of aliphatic hydroxyl groups is 1. The van der Waals surface area contributed by atoms with Crippen LogP contribution in [0.25, 0.3) is 0 Å². The van der Waals surface area contributed by atoms with Crippen molar-refractivity contribution in [3.63, 3.8) is 0 Å². The van der Waals surface area contributed by atoms with Crippen LogP contribution in [0.2, 0.25) is 5.02 Å². The van der Waals surface area contributed by atoms with Crippen molar-refractivity contribution in [3.8, 4) is 0 Å². The molecule has 0 aromatic heterocycles. The minimum absolute atomic E-state index is 0.160. The van der Waals surface area contributed by atoms with Gasteiger partial charge in [-0.15, -0.1) is 0 Å². The minimum Gasteiger partial charge on any atom is -0.395 e. The van der Waals surface area contributed by atoms with Crippen molar-refractivity contribution in [2.45, 2.75) is 33.4 Å². The smallest absolute Gasteiger partial charge is 0.0606 e. The fraction of sp³-hybridized carbons (Fsp3) is 0.571. The lowest BCUT2D eigenvalue weighted by atomic mass is 10.1. The van der Waals surface area contributed by atoms with E-state index >= 15 is 0 Å². The largest absolute Gasteiger partial charge is 0.395 e. The quantitative estimate of drug-likeness (QED) is 0.800. The van der Waals surface area contributed by atoms with Crippen LogP contribution < -0.4 is 10.2 Å². The molecule has 1 aromatic carbocycles. The molecule has 0 heterocycles. The molecule has 3 nitrogen and oxygen atoms in total. The summed E-state index contributed by atoms with van der Waals surface area (Å²) >= 11 is 6.06. The third kappa shape index (κ3) is 4.48. The second kappa shape index (κ2) is 7.62. The van der Waals surface area contributed by atoms with Crippen molar-refractivity contribution < 1.29 is 5.11 Å². The monoisotopic (exact) mass is 270 g/mol. The van der Waals surface area contributed by atoms with Crippen molar-refractivity contribution in [2.24, 2.45) is 0 Å². The van der Waals surface area contributed by atoms with Crippen molar-refractivity contribution in [1.82, 2.24) is 5.32 Å². The van der Waals surface area contributed by atoms with Gasteiger partial charge in [0.2, 0.25) is 0 Å². The number of nitrogens with zero attached hydrogens (tertiary/aromatic N) is 1. The molecule has 1 rings (SSSR count). The van der Waals surface area contributed by atoms with Gasteiger partial charge < -0.3 is 15.3 Å². The van der Waals surface area contributed by atoms with Gasteiger partial charge in [0.15, 0.2) is 0 Å². The highest BCUT2D eigenvalue weighted by Crippen LogP contribution is 2.24. The molecule has 0 unspecified atom stereocenters. The molecule has 4 heteroatoms. The summed E-state index contributed by atoms with van der Waals surface area (Å²) in [6.07, 6.45) is 0. The summed E-state index contributed by atoms with van der Waals surface area (Å²) in [7, 11) is 0. The van der Waals surface area contributed by atoms with E-state index in [1.807, 2.05) is 18.2 Å². The van der Waals surface area contributed by atoms with Crippen LogP contribution in [0, 0.1) is 0 Å². The summed E-state index contributed by atoms with van der Waals surface area (Å²) in [5.74, 6) is 0. The van der Waals surface area contributed by atoms with Crippen LogP contribution in [-0.4, -0.2) is 30.8 Å². The summed E-state index contributed by atoms with van der Waals surface area (Å²) in [6.45, 7) is 8.79. The van der Waals surface area contributed by atoms with Gasteiger partial charge >= 0.3 is 0 Å². The van der Waals surface area contributed by atoms with E-state index in [4.69, 9.17) is 16.7 Å². The van der Waals surface area contributed by atoms with E-state index in [-0.39, 0.29) is 6.61 Å². The van der Waals surface area contributed by atoms with Crippen LogP contribution in [0.4, 0.5) is 5.69 Å². The summed E-state index contributed by atoms with van der Waals surface area (Å²) in [5, 5.41) is 13.3. The zero-order valence-corrected chi connectivity index (χ0v) is 12.2. The highest BCUT2D eigenvalue weighted by molar-refractivity contribution is 6.30. The molecule has 0 amide bonds. The average Bonchev–Trinajstić information content (AvgIpc) is 2.34. The molecule has 0 saturated carbocycles. The van der Waals surface area contributed by atoms with Crippen molar-refractivity contribution in [1.29, 1.82) is 0 Å². The van der Waals surface area contributed by atoms with E-state index in [1.54, 1.807) is 0 Å². The molecule has 0 aliphatic rings. The van der Waals surface area contributed by atoms with Gasteiger partial charge in [-0.1, -0.05) is 25.4 Å². The molecule has 0 aliphatic heterocycles. The molecule has 0 fully saturated rings. The maximum atomic E-state index is 9.11. The number of halogens is 1. The molecule has 1 aromatic rings. The number of hydrogen-bond acceptors (Lipinski definition) is 3. The Bertz CT molecular complexity index is 369. The van der Waals surface area contributed by atoms with Crippen LogP contribution >= 0.6 is 11.6 Å². The second-order valence-corrected chi connectivity index (χ2v) is 5.05. The Balaban J connectivity index is 2.93. The third-order valence-corrected chi connectivity index (χ3v) is 3.07. The summed E-state index contributed by atoms with van der Waals surface area (Å²) in [4.78, 5) is 2.16. The number of nitrogens with one attached hydrogen (secondary N) is 1. The van der Waals surface area contributed by atoms with Crippen LogP contribution in [0.1, 0.15) is 26.3 Å². The average molecular weight is 271 g/mol. The highest BCUT2D eigenvalue weighted by atomic mass is 35.5. The van der Waals surface area contributed by atoms with E-state index in [2.05, 4.69) is 31.0 Å². The fourth-order valence-corrected chi connectivity index (χ4v) is 2.08. The molecule has 0 atom stereocenters. The van der Waals surface area contributed by atoms with Gasteiger partial charge in [0, 0.05) is 36.4 Å². The molecule has 0 spiro atoms. The van der Waals surface area contributed by atoms with Gasteiger partial charge in [-0.3, -0.25) is 0 Å². The van der Waals surface area contributed by atoms with E-state index in [0.717, 1.165) is 23.8 Å². The predicted molar refractivity (Wildman–Crippen MR) is 78.4 cm³/mol. The van der Waals surface area contributed by atoms with Gasteiger partial charge in [-0.05, 0) is 30.7 Å². The lowest BCUT2D eigenvalue weighted by Crippen LogP contribution is -2.29. The Morgan fingerprint density at radius 2 is 2.11 bits per heavy atom. The Hall–Kier alpha value is -0.770. The van der Waals surface area contributed by atoms with Crippen LogP contribution in [0.5, 0.6) is 0 Å². The maximum Gasteiger partial charge on any atom is 0.0606 e. The normalized spacial score (nSPS) is 11.0. The van der Waals surface area contributed by atoms with E-state index in [1.165, 1.54) is 5.56 Å². The first-order chi connectivity index (χ1) is 8.58. The first-order valence-corrected chi connectivity index (χ1v) is 6.83. The standard InChI is InChI=1S/C14H23ClN2O/c1-4-17(7-8-18)14-6-5-13(15)9-12(14)10-16-11(2)3/h5-6,9,11,16,18H,4,7-8,10H2,1-3H3. The first-order valence-electron chi connectivity index (χ1n) is 6.46. The van der Waals surface area contributed by atoms with Crippen molar-refractivity contribution >= 4 is 17.3 Å². The number of rotatable bonds is 7. The maximum absolute atomic E-state index is 9.11. The molecular formula is C14H23ClN2O. The van der Waals surface area contributed by atoms with Gasteiger partial charge in [0.25, 0.3) is 0 Å². The van der Waals surface area contributed by atoms with Gasteiger partial charge in [-0.25, -0.2) is 0 Å². The lowest BCUT2D eigenvalue weighted by Gasteiger charge is -2.25. The van der Waals surface area contributed by atoms with E-state index < -0.39 is 0 Å². The number of benzene rings is 1. The van der Waals surface area contributed by atoms with Gasteiger partial charge in [0.1, 0.15) is 0 Å². The van der Waals surface area contributed by atoms with Crippen LogP contribution in [0.15, 0.2) is 18.2 Å². The summed E-state index contributed by atoms with van der Waals surface area (Å²) < 4.78 is 0. The zero-order chi connectivity index (χ0) is 13.5.